The molecule has 4 nitrogen and oxygen atoms in total. The first-order chi connectivity index (χ1) is 9.52. The van der Waals surface area contributed by atoms with E-state index in [2.05, 4.69) is 21.2 Å². The van der Waals surface area contributed by atoms with Crippen LogP contribution in [-0.4, -0.2) is 23.5 Å². The number of hydrogen-bond acceptors (Lipinski definition) is 2. The first-order valence-corrected chi connectivity index (χ1v) is 7.56. The summed E-state index contributed by atoms with van der Waals surface area (Å²) in [6, 6.07) is 7.84. The van der Waals surface area contributed by atoms with Crippen molar-refractivity contribution in [3.05, 3.63) is 34.3 Å². The minimum atomic E-state index is -0.795. The molecule has 0 aromatic heterocycles. The van der Waals surface area contributed by atoms with Crippen molar-refractivity contribution in [3.63, 3.8) is 0 Å². The summed E-state index contributed by atoms with van der Waals surface area (Å²) >= 11 is 3.39. The Balaban J connectivity index is 1.77. The molecule has 0 saturated heterocycles. The summed E-state index contributed by atoms with van der Waals surface area (Å²) in [5.74, 6) is -0.881. The molecule has 0 spiro atoms. The standard InChI is InChI=1S/C15H18BrNO3/c16-12-4-1-3-11(9-12)5-6-13(18)17-10-15(14(19)20)7-2-8-15/h1,3-4,9H,2,5-8,10H2,(H,17,18)(H,19,20). The van der Waals surface area contributed by atoms with E-state index in [1.54, 1.807) is 0 Å². The number of aliphatic carboxylic acids is 1. The highest BCUT2D eigenvalue weighted by molar-refractivity contribution is 9.10. The highest BCUT2D eigenvalue weighted by Gasteiger charge is 2.44. The zero-order chi connectivity index (χ0) is 14.6. The lowest BCUT2D eigenvalue weighted by Gasteiger charge is -2.37. The normalized spacial score (nSPS) is 16.2. The summed E-state index contributed by atoms with van der Waals surface area (Å²) in [6.07, 6.45) is 3.29. The third-order valence-electron chi connectivity index (χ3n) is 3.92. The molecule has 20 heavy (non-hydrogen) atoms. The smallest absolute Gasteiger partial charge is 0.311 e. The van der Waals surface area contributed by atoms with E-state index in [0.717, 1.165) is 16.5 Å². The maximum absolute atomic E-state index is 11.8. The third-order valence-corrected chi connectivity index (χ3v) is 4.41. The highest BCUT2D eigenvalue weighted by Crippen LogP contribution is 2.40. The second-order valence-corrected chi connectivity index (χ2v) is 6.26. The third kappa shape index (κ3) is 3.60. The van der Waals surface area contributed by atoms with Crippen molar-refractivity contribution >= 4 is 27.8 Å². The lowest BCUT2D eigenvalue weighted by atomic mass is 9.69. The summed E-state index contributed by atoms with van der Waals surface area (Å²) in [6.45, 7) is 0.250. The maximum Gasteiger partial charge on any atom is 0.311 e. The van der Waals surface area contributed by atoms with Gasteiger partial charge in [0.05, 0.1) is 5.41 Å². The van der Waals surface area contributed by atoms with Gasteiger partial charge in [-0.2, -0.15) is 0 Å². The maximum atomic E-state index is 11.8. The molecule has 1 aromatic rings. The van der Waals surface area contributed by atoms with Crippen LogP contribution in [0.25, 0.3) is 0 Å². The molecule has 1 aromatic carbocycles. The number of carboxylic acids is 1. The van der Waals surface area contributed by atoms with E-state index in [1.165, 1.54) is 0 Å². The van der Waals surface area contributed by atoms with Gasteiger partial charge >= 0.3 is 5.97 Å². The molecule has 0 unspecified atom stereocenters. The first-order valence-electron chi connectivity index (χ1n) is 6.76. The van der Waals surface area contributed by atoms with Crippen LogP contribution >= 0.6 is 15.9 Å². The molecule has 0 aliphatic heterocycles. The van der Waals surface area contributed by atoms with Crippen molar-refractivity contribution in [1.29, 1.82) is 0 Å². The van der Waals surface area contributed by atoms with E-state index in [0.29, 0.717) is 25.7 Å². The average Bonchev–Trinajstić information content (AvgIpc) is 2.34. The van der Waals surface area contributed by atoms with E-state index in [9.17, 15) is 14.7 Å². The molecule has 1 aliphatic carbocycles. The predicted molar refractivity (Wildman–Crippen MR) is 79.4 cm³/mol. The molecule has 2 rings (SSSR count). The van der Waals surface area contributed by atoms with Gasteiger partial charge in [0.25, 0.3) is 0 Å². The van der Waals surface area contributed by atoms with E-state index >= 15 is 0 Å². The lowest BCUT2D eigenvalue weighted by Crippen LogP contribution is -2.47. The second kappa shape index (κ2) is 6.39. The summed E-state index contributed by atoms with van der Waals surface area (Å²) in [5, 5.41) is 11.9. The molecule has 0 atom stereocenters. The second-order valence-electron chi connectivity index (χ2n) is 5.35. The SMILES string of the molecule is O=C(CCc1cccc(Br)c1)NCC1(C(=O)O)CCC1. The largest absolute Gasteiger partial charge is 0.481 e. The van der Waals surface area contributed by atoms with Crippen LogP contribution in [0, 0.1) is 5.41 Å². The number of carbonyl (C=O) groups excluding carboxylic acids is 1. The van der Waals surface area contributed by atoms with E-state index in [-0.39, 0.29) is 12.5 Å². The summed E-state index contributed by atoms with van der Waals surface area (Å²) < 4.78 is 0.995. The molecule has 5 heteroatoms. The fourth-order valence-electron chi connectivity index (χ4n) is 2.38. The Bertz CT molecular complexity index is 512. The monoisotopic (exact) mass is 339 g/mol. The molecule has 1 saturated carbocycles. The van der Waals surface area contributed by atoms with E-state index in [4.69, 9.17) is 0 Å². The first kappa shape index (κ1) is 15.0. The predicted octanol–water partition coefficient (Wildman–Crippen LogP) is 2.75. The van der Waals surface area contributed by atoms with Crippen molar-refractivity contribution in [1.82, 2.24) is 5.32 Å². The number of rotatable bonds is 6. The molecule has 0 heterocycles. The number of halogens is 1. The van der Waals surface area contributed by atoms with Crippen LogP contribution in [0.3, 0.4) is 0 Å². The van der Waals surface area contributed by atoms with Crippen LogP contribution in [0.15, 0.2) is 28.7 Å². The fourth-order valence-corrected chi connectivity index (χ4v) is 2.82. The number of aryl methyl sites for hydroxylation is 1. The summed E-state index contributed by atoms with van der Waals surface area (Å²) in [5.41, 5.74) is 0.372. The van der Waals surface area contributed by atoms with Gasteiger partial charge in [0, 0.05) is 17.4 Å². The van der Waals surface area contributed by atoms with Gasteiger partial charge in [-0.15, -0.1) is 0 Å². The molecule has 0 bridgehead atoms. The molecule has 1 aliphatic rings. The van der Waals surface area contributed by atoms with E-state index in [1.807, 2.05) is 24.3 Å². The highest BCUT2D eigenvalue weighted by atomic mass is 79.9. The van der Waals surface area contributed by atoms with Crippen LogP contribution < -0.4 is 5.32 Å². The van der Waals surface area contributed by atoms with Crippen molar-refractivity contribution in [3.8, 4) is 0 Å². The van der Waals surface area contributed by atoms with Crippen molar-refractivity contribution in [2.75, 3.05) is 6.54 Å². The van der Waals surface area contributed by atoms with Gasteiger partial charge in [0.15, 0.2) is 0 Å². The number of carbonyl (C=O) groups is 2. The van der Waals surface area contributed by atoms with Crippen molar-refractivity contribution in [2.24, 2.45) is 5.41 Å². The van der Waals surface area contributed by atoms with Gasteiger partial charge in [-0.25, -0.2) is 0 Å². The van der Waals surface area contributed by atoms with Crippen LogP contribution in [0.1, 0.15) is 31.2 Å². The topological polar surface area (TPSA) is 66.4 Å². The van der Waals surface area contributed by atoms with Gasteiger partial charge in [-0.1, -0.05) is 34.5 Å². The van der Waals surface area contributed by atoms with Crippen molar-refractivity contribution in [2.45, 2.75) is 32.1 Å². The fraction of sp³-hybridized carbons (Fsp3) is 0.467. The van der Waals surface area contributed by atoms with Gasteiger partial charge < -0.3 is 10.4 Å². The van der Waals surface area contributed by atoms with Crippen LogP contribution in [0.2, 0.25) is 0 Å². The number of carboxylic acid groups (broad SMARTS) is 1. The average molecular weight is 340 g/mol. The Labute approximate surface area is 126 Å². The Hall–Kier alpha value is -1.36. The zero-order valence-electron chi connectivity index (χ0n) is 11.2. The number of benzene rings is 1. The Morgan fingerprint density at radius 2 is 2.10 bits per heavy atom. The molecule has 2 N–H and O–H groups in total. The quantitative estimate of drug-likeness (QED) is 0.837. The van der Waals surface area contributed by atoms with Crippen molar-refractivity contribution < 1.29 is 14.7 Å². The molecule has 0 radical (unpaired) electrons. The Morgan fingerprint density at radius 1 is 1.35 bits per heavy atom. The van der Waals surface area contributed by atoms with E-state index < -0.39 is 11.4 Å². The van der Waals surface area contributed by atoms with Crippen LogP contribution in [-0.2, 0) is 16.0 Å². The Morgan fingerprint density at radius 3 is 2.65 bits per heavy atom. The van der Waals surface area contributed by atoms with Crippen LogP contribution in [0.5, 0.6) is 0 Å². The minimum absolute atomic E-state index is 0.0856. The summed E-state index contributed by atoms with van der Waals surface area (Å²) in [7, 11) is 0. The Kier molecular flexibility index (Phi) is 4.81. The number of nitrogens with one attached hydrogen (secondary N) is 1. The molecular formula is C15H18BrNO3. The molecule has 108 valence electrons. The van der Waals surface area contributed by atoms with Gasteiger partial charge in [0.2, 0.25) is 5.91 Å². The molecule has 1 fully saturated rings. The van der Waals surface area contributed by atoms with Gasteiger partial charge in [0.1, 0.15) is 0 Å². The van der Waals surface area contributed by atoms with Gasteiger partial charge in [-0.3, -0.25) is 9.59 Å². The summed E-state index contributed by atoms with van der Waals surface area (Å²) in [4.78, 5) is 23.0. The molecular weight excluding hydrogens is 322 g/mol. The van der Waals surface area contributed by atoms with Gasteiger partial charge in [-0.05, 0) is 37.0 Å². The zero-order valence-corrected chi connectivity index (χ0v) is 12.8. The van der Waals surface area contributed by atoms with Crippen LogP contribution in [0.4, 0.5) is 0 Å². The lowest BCUT2D eigenvalue weighted by molar-refractivity contribution is -0.154. The number of hydrogen-bond donors (Lipinski definition) is 2. The minimum Gasteiger partial charge on any atom is -0.481 e. The number of amides is 1. The molecule has 1 amide bonds.